The van der Waals surface area contributed by atoms with Crippen LogP contribution in [-0.4, -0.2) is 53.6 Å². The lowest BCUT2D eigenvalue weighted by molar-refractivity contribution is -0.231. The maximum absolute atomic E-state index is 13.2. The van der Waals surface area contributed by atoms with Crippen LogP contribution >= 0.6 is 0 Å². The first-order valence-corrected chi connectivity index (χ1v) is 10.6. The van der Waals surface area contributed by atoms with Crippen molar-refractivity contribution in [3.8, 4) is 0 Å². The molecule has 0 radical (unpaired) electrons. The highest BCUT2D eigenvalue weighted by Crippen LogP contribution is 2.30. The van der Waals surface area contributed by atoms with Crippen LogP contribution in [0.3, 0.4) is 0 Å². The maximum atomic E-state index is 13.2. The van der Waals surface area contributed by atoms with Gasteiger partial charge in [-0.1, -0.05) is 30.3 Å². The zero-order chi connectivity index (χ0) is 24.1. The summed E-state index contributed by atoms with van der Waals surface area (Å²) in [5, 5.41) is 3.63. The third kappa shape index (κ3) is 7.49. The highest BCUT2D eigenvalue weighted by molar-refractivity contribution is 5.91. The average Bonchev–Trinajstić information content (AvgIpc) is 2.98. The van der Waals surface area contributed by atoms with Gasteiger partial charge in [-0.15, -0.1) is 0 Å². The van der Waals surface area contributed by atoms with Gasteiger partial charge in [-0.3, -0.25) is 9.63 Å². The Kier molecular flexibility index (Phi) is 8.25. The zero-order valence-electron chi connectivity index (χ0n) is 19.8. The van der Waals surface area contributed by atoms with Gasteiger partial charge in [0.15, 0.2) is 6.23 Å². The second-order valence-corrected chi connectivity index (χ2v) is 9.61. The molecule has 2 amide bonds. The van der Waals surface area contributed by atoms with E-state index in [9.17, 15) is 14.4 Å². The number of ether oxygens (including phenoxy) is 3. The Morgan fingerprint density at radius 3 is 2.19 bits per heavy atom. The van der Waals surface area contributed by atoms with Crippen LogP contribution in [0.15, 0.2) is 30.3 Å². The maximum Gasteiger partial charge on any atom is 0.408 e. The number of nitrogens with one attached hydrogen (secondary N) is 1. The number of alkyl carbamates (subject to hydrolysis) is 1. The van der Waals surface area contributed by atoms with Crippen LogP contribution in [0.1, 0.15) is 53.5 Å². The van der Waals surface area contributed by atoms with E-state index in [0.717, 1.165) is 10.6 Å². The third-order valence-electron chi connectivity index (χ3n) is 4.47. The first-order valence-electron chi connectivity index (χ1n) is 10.6. The van der Waals surface area contributed by atoms with Crippen LogP contribution < -0.4 is 5.32 Å². The second-order valence-electron chi connectivity index (χ2n) is 9.61. The van der Waals surface area contributed by atoms with Gasteiger partial charge in [0.25, 0.3) is 5.91 Å². The molecule has 9 heteroatoms. The number of methoxy groups -OCH3 is 1. The van der Waals surface area contributed by atoms with Gasteiger partial charge < -0.3 is 19.5 Å². The molecule has 178 valence electrons. The fraction of sp³-hybridized carbons (Fsp3) is 0.609. The van der Waals surface area contributed by atoms with Crippen molar-refractivity contribution in [2.24, 2.45) is 5.92 Å². The minimum absolute atomic E-state index is 0.129. The lowest BCUT2D eigenvalue weighted by Gasteiger charge is -2.28. The molecule has 3 atom stereocenters. The predicted octanol–water partition coefficient (Wildman–Crippen LogP) is 3.17. The molecule has 1 aromatic carbocycles. The molecule has 0 spiro atoms. The molecule has 1 saturated heterocycles. The number of rotatable bonds is 7. The van der Waals surface area contributed by atoms with Gasteiger partial charge in [-0.2, -0.15) is 5.06 Å². The van der Waals surface area contributed by atoms with E-state index >= 15 is 0 Å². The van der Waals surface area contributed by atoms with E-state index in [2.05, 4.69) is 5.32 Å². The Balaban J connectivity index is 2.21. The lowest BCUT2D eigenvalue weighted by atomic mass is 9.97. The molecule has 1 aliphatic heterocycles. The van der Waals surface area contributed by atoms with E-state index in [1.54, 1.807) is 41.5 Å². The third-order valence-corrected chi connectivity index (χ3v) is 4.47. The number of hydroxylamine groups is 2. The summed E-state index contributed by atoms with van der Waals surface area (Å²) in [6, 6.07) is 8.08. The van der Waals surface area contributed by atoms with Gasteiger partial charge in [0.05, 0.1) is 5.92 Å². The van der Waals surface area contributed by atoms with Crippen molar-refractivity contribution in [3.63, 3.8) is 0 Å². The van der Waals surface area contributed by atoms with E-state index < -0.39 is 47.4 Å². The molecule has 1 N–H and O–H groups in total. The van der Waals surface area contributed by atoms with Gasteiger partial charge in [0, 0.05) is 13.5 Å². The minimum Gasteiger partial charge on any atom is -0.458 e. The Hall–Kier alpha value is -2.65. The number of benzene rings is 1. The highest BCUT2D eigenvalue weighted by atomic mass is 16.7. The SMILES string of the molecule is CO[C@@H]1C[C@H]([C@H](NC(=O)OC(C)(C)C)C(=O)OC(C)(C)C)C(=O)N1OCc1ccccc1. The molecule has 0 aromatic heterocycles. The largest absolute Gasteiger partial charge is 0.458 e. The summed E-state index contributed by atoms with van der Waals surface area (Å²) in [5.41, 5.74) is -0.715. The standard InChI is InChI=1S/C23H34N2O7/c1-22(2,3)31-20(27)18(24-21(28)32-23(4,5)6)16-13-17(29-7)25(19(16)26)30-14-15-11-9-8-10-12-15/h8-12,16-18H,13-14H2,1-7H3,(H,24,28)/t16-,17-,18+/m1/s1. The van der Waals surface area contributed by atoms with Crippen LogP contribution in [0.4, 0.5) is 4.79 Å². The van der Waals surface area contributed by atoms with Crippen molar-refractivity contribution in [2.45, 2.75) is 78.0 Å². The molecule has 0 unspecified atom stereocenters. The summed E-state index contributed by atoms with van der Waals surface area (Å²) < 4.78 is 16.2. The van der Waals surface area contributed by atoms with E-state index in [4.69, 9.17) is 19.0 Å². The lowest BCUT2D eigenvalue weighted by Crippen LogP contribution is -2.51. The van der Waals surface area contributed by atoms with Gasteiger partial charge in [-0.25, -0.2) is 9.59 Å². The fourth-order valence-electron chi connectivity index (χ4n) is 3.18. The Morgan fingerprint density at radius 1 is 1.06 bits per heavy atom. The van der Waals surface area contributed by atoms with Gasteiger partial charge in [-0.05, 0) is 47.1 Å². The van der Waals surface area contributed by atoms with Gasteiger partial charge in [0.2, 0.25) is 0 Å². The monoisotopic (exact) mass is 450 g/mol. The topological polar surface area (TPSA) is 103 Å². The molecule has 9 nitrogen and oxygen atoms in total. The number of carbonyl (C=O) groups excluding carboxylic acids is 3. The summed E-state index contributed by atoms with van der Waals surface area (Å²) in [6.07, 6.45) is -1.41. The van der Waals surface area contributed by atoms with Crippen LogP contribution in [0.25, 0.3) is 0 Å². The minimum atomic E-state index is -1.26. The summed E-state index contributed by atoms with van der Waals surface area (Å²) in [5.74, 6) is -2.17. The first-order chi connectivity index (χ1) is 14.8. The Morgan fingerprint density at radius 2 is 1.66 bits per heavy atom. The van der Waals surface area contributed by atoms with Crippen LogP contribution in [0.2, 0.25) is 0 Å². The molecule has 1 aliphatic rings. The average molecular weight is 451 g/mol. The number of hydrogen-bond donors (Lipinski definition) is 1. The van der Waals surface area contributed by atoms with Crippen LogP contribution in [-0.2, 0) is 35.2 Å². The van der Waals surface area contributed by atoms with Crippen molar-refractivity contribution >= 4 is 18.0 Å². The number of nitrogens with zero attached hydrogens (tertiary/aromatic N) is 1. The zero-order valence-corrected chi connectivity index (χ0v) is 19.8. The molecular weight excluding hydrogens is 416 g/mol. The molecule has 0 bridgehead atoms. The smallest absolute Gasteiger partial charge is 0.408 e. The molecule has 0 aliphatic carbocycles. The first kappa shape index (κ1) is 25.6. The molecule has 1 fully saturated rings. The van der Waals surface area contributed by atoms with Gasteiger partial charge in [0.1, 0.15) is 23.9 Å². The number of hydrogen-bond acceptors (Lipinski definition) is 7. The second kappa shape index (κ2) is 10.3. The van der Waals surface area contributed by atoms with E-state index in [1.165, 1.54) is 7.11 Å². The molecule has 32 heavy (non-hydrogen) atoms. The molecule has 0 saturated carbocycles. The molecular formula is C23H34N2O7. The van der Waals surface area contributed by atoms with E-state index in [1.807, 2.05) is 30.3 Å². The Labute approximate surface area is 189 Å². The van der Waals surface area contributed by atoms with Crippen molar-refractivity contribution in [1.82, 2.24) is 10.4 Å². The summed E-state index contributed by atoms with van der Waals surface area (Å²) in [7, 11) is 1.45. The highest BCUT2D eigenvalue weighted by Gasteiger charge is 2.49. The summed E-state index contributed by atoms with van der Waals surface area (Å²) >= 11 is 0. The number of amides is 2. The van der Waals surface area contributed by atoms with Crippen molar-refractivity contribution in [2.75, 3.05) is 7.11 Å². The molecule has 1 heterocycles. The van der Waals surface area contributed by atoms with E-state index in [0.29, 0.717) is 0 Å². The predicted molar refractivity (Wildman–Crippen MR) is 116 cm³/mol. The van der Waals surface area contributed by atoms with Crippen molar-refractivity contribution < 1.29 is 33.4 Å². The number of esters is 1. The van der Waals surface area contributed by atoms with Crippen molar-refractivity contribution in [1.29, 1.82) is 0 Å². The Bertz CT molecular complexity index is 799. The van der Waals surface area contributed by atoms with Crippen LogP contribution in [0.5, 0.6) is 0 Å². The van der Waals surface area contributed by atoms with Crippen LogP contribution in [0, 0.1) is 5.92 Å². The quantitative estimate of drug-likeness (QED) is 0.637. The molecule has 2 rings (SSSR count). The molecule has 1 aromatic rings. The number of carbonyl (C=O) groups is 3. The van der Waals surface area contributed by atoms with E-state index in [-0.39, 0.29) is 13.0 Å². The fourth-order valence-corrected chi connectivity index (χ4v) is 3.18. The van der Waals surface area contributed by atoms with Crippen molar-refractivity contribution in [3.05, 3.63) is 35.9 Å². The normalized spacial score (nSPS) is 20.1. The van der Waals surface area contributed by atoms with Gasteiger partial charge >= 0.3 is 12.1 Å². The summed E-state index contributed by atoms with van der Waals surface area (Å²) in [4.78, 5) is 44.3. The summed E-state index contributed by atoms with van der Waals surface area (Å²) in [6.45, 7) is 10.4.